The summed E-state index contributed by atoms with van der Waals surface area (Å²) >= 11 is 1.51. The molecule has 26 heavy (non-hydrogen) atoms. The minimum atomic E-state index is -0.407. The van der Waals surface area contributed by atoms with Crippen molar-refractivity contribution in [3.05, 3.63) is 65.5 Å². The number of thioether (sulfide) groups is 1. The highest BCUT2D eigenvalue weighted by Gasteiger charge is 2.28. The second-order valence-corrected chi connectivity index (χ2v) is 6.89. The molecular weight excluding hydrogens is 351 g/mol. The van der Waals surface area contributed by atoms with Gasteiger partial charge >= 0.3 is 0 Å². The summed E-state index contributed by atoms with van der Waals surface area (Å²) in [6.07, 6.45) is 0.605. The molecule has 0 saturated heterocycles. The van der Waals surface area contributed by atoms with Crippen LogP contribution < -0.4 is 5.32 Å². The molecule has 5 nitrogen and oxygen atoms in total. The van der Waals surface area contributed by atoms with Gasteiger partial charge in [-0.3, -0.25) is 0 Å². The molecule has 0 aromatic heterocycles. The van der Waals surface area contributed by atoms with Crippen molar-refractivity contribution in [1.29, 1.82) is 0 Å². The van der Waals surface area contributed by atoms with Crippen LogP contribution in [0.5, 0.6) is 0 Å². The smallest absolute Gasteiger partial charge is 0.276 e. The highest BCUT2D eigenvalue weighted by molar-refractivity contribution is 8.13. The van der Waals surface area contributed by atoms with E-state index >= 15 is 0 Å². The maximum atomic E-state index is 13.3. The second-order valence-electron chi connectivity index (χ2n) is 5.84. The lowest BCUT2D eigenvalue weighted by atomic mass is 10.1. The Labute approximate surface area is 155 Å². The fraction of sp³-hybridized carbons (Fsp3) is 0.211. The molecule has 2 aromatic rings. The van der Waals surface area contributed by atoms with Crippen molar-refractivity contribution >= 4 is 34.3 Å². The Kier molecular flexibility index (Phi) is 4.71. The lowest BCUT2D eigenvalue weighted by Gasteiger charge is -2.16. The van der Waals surface area contributed by atoms with Crippen LogP contribution in [0.2, 0.25) is 0 Å². The van der Waals surface area contributed by atoms with Gasteiger partial charge in [0.1, 0.15) is 12.0 Å². The number of aliphatic imine (C=N–C) groups is 1. The van der Waals surface area contributed by atoms with E-state index in [1.807, 2.05) is 24.3 Å². The van der Waals surface area contributed by atoms with Crippen molar-refractivity contribution in [1.82, 2.24) is 0 Å². The molecule has 0 amide bonds. The molecule has 0 spiro atoms. The van der Waals surface area contributed by atoms with Gasteiger partial charge in [0.05, 0.1) is 0 Å². The van der Waals surface area contributed by atoms with Crippen LogP contribution in [0, 0.1) is 5.82 Å². The van der Waals surface area contributed by atoms with Crippen molar-refractivity contribution in [3.63, 3.8) is 0 Å². The van der Waals surface area contributed by atoms with Crippen molar-refractivity contribution in [2.45, 2.75) is 19.5 Å². The molecule has 132 valence electrons. The number of benzene rings is 2. The standard InChI is InChI=1S/C19H17FN4OS/c1-2-11-26-19-24-23-16-14-5-3-4-6-15(14)21-17(22-18(16)25-19)12-7-9-13(20)10-8-12/h3-10,17,21H,2,11H2,1H3/t17-/m0/s1. The van der Waals surface area contributed by atoms with E-state index in [9.17, 15) is 4.39 Å². The summed E-state index contributed by atoms with van der Waals surface area (Å²) in [4.78, 5) is 4.71. The molecule has 2 aliphatic rings. The normalized spacial score (nSPS) is 18.2. The van der Waals surface area contributed by atoms with Crippen LogP contribution in [0.15, 0.2) is 63.7 Å². The molecule has 2 aromatic carbocycles. The van der Waals surface area contributed by atoms with Crippen LogP contribution >= 0.6 is 11.8 Å². The molecular formula is C19H17FN4OS. The van der Waals surface area contributed by atoms with E-state index in [-0.39, 0.29) is 5.82 Å². The largest absolute Gasteiger partial charge is 0.411 e. The Bertz CT molecular complexity index is 908. The number of hydrogen-bond acceptors (Lipinski definition) is 6. The van der Waals surface area contributed by atoms with Gasteiger partial charge in [-0.1, -0.05) is 49.0 Å². The van der Waals surface area contributed by atoms with E-state index in [1.165, 1.54) is 23.9 Å². The Morgan fingerprint density at radius 1 is 1.12 bits per heavy atom. The number of rotatable bonds is 3. The zero-order valence-corrected chi connectivity index (χ0v) is 15.0. The highest BCUT2D eigenvalue weighted by atomic mass is 32.2. The number of ether oxygens (including phenoxy) is 1. The Balaban J connectivity index is 1.76. The van der Waals surface area contributed by atoms with E-state index in [0.717, 1.165) is 29.0 Å². The summed E-state index contributed by atoms with van der Waals surface area (Å²) in [7, 11) is 0. The number of para-hydroxylation sites is 1. The first-order valence-electron chi connectivity index (χ1n) is 8.40. The first-order chi connectivity index (χ1) is 12.7. The number of halogens is 1. The zero-order valence-electron chi connectivity index (χ0n) is 14.1. The molecule has 2 aliphatic heterocycles. The van der Waals surface area contributed by atoms with E-state index in [4.69, 9.17) is 9.73 Å². The number of hydrogen-bond donors (Lipinski definition) is 1. The molecule has 0 saturated carbocycles. The average Bonchev–Trinajstić information content (AvgIpc) is 2.83. The lowest BCUT2D eigenvalue weighted by Crippen LogP contribution is -2.24. The molecule has 0 aliphatic carbocycles. The fourth-order valence-corrected chi connectivity index (χ4v) is 3.32. The summed E-state index contributed by atoms with van der Waals surface area (Å²) < 4.78 is 19.2. The quantitative estimate of drug-likeness (QED) is 0.862. The van der Waals surface area contributed by atoms with E-state index < -0.39 is 6.17 Å². The molecule has 1 atom stereocenters. The Morgan fingerprint density at radius 3 is 2.73 bits per heavy atom. The van der Waals surface area contributed by atoms with Gasteiger partial charge in [0.25, 0.3) is 5.23 Å². The van der Waals surface area contributed by atoms with Crippen LogP contribution in [0.3, 0.4) is 0 Å². The Hall–Kier alpha value is -2.67. The van der Waals surface area contributed by atoms with Crippen LogP contribution in [0.4, 0.5) is 10.1 Å². The molecule has 0 bridgehead atoms. The van der Waals surface area contributed by atoms with E-state index in [2.05, 4.69) is 22.4 Å². The summed E-state index contributed by atoms with van der Waals surface area (Å²) in [6.45, 7) is 2.10. The predicted molar refractivity (Wildman–Crippen MR) is 104 cm³/mol. The number of anilines is 1. The van der Waals surface area contributed by atoms with Gasteiger partial charge in [-0.2, -0.15) is 0 Å². The molecule has 1 N–H and O–H groups in total. The first-order valence-corrected chi connectivity index (χ1v) is 9.39. The van der Waals surface area contributed by atoms with E-state index in [0.29, 0.717) is 16.8 Å². The minimum Gasteiger partial charge on any atom is -0.411 e. The maximum absolute atomic E-state index is 13.3. The fourth-order valence-electron chi connectivity index (χ4n) is 2.70. The van der Waals surface area contributed by atoms with Gasteiger partial charge in [0.15, 0.2) is 5.71 Å². The second kappa shape index (κ2) is 7.29. The number of nitrogens with one attached hydrogen (secondary N) is 1. The van der Waals surface area contributed by atoms with Crippen molar-refractivity contribution in [2.75, 3.05) is 11.1 Å². The molecule has 0 radical (unpaired) electrons. The topological polar surface area (TPSA) is 58.3 Å². The van der Waals surface area contributed by atoms with Crippen molar-refractivity contribution in [2.24, 2.45) is 15.2 Å². The summed E-state index contributed by atoms with van der Waals surface area (Å²) in [5, 5.41) is 12.4. The van der Waals surface area contributed by atoms with Crippen LogP contribution in [-0.4, -0.2) is 22.6 Å². The average molecular weight is 368 g/mol. The molecule has 0 fully saturated rings. The van der Waals surface area contributed by atoms with Gasteiger partial charge in [0.2, 0.25) is 5.90 Å². The summed E-state index contributed by atoms with van der Waals surface area (Å²) in [5.41, 5.74) is 3.18. The number of fused-ring (bicyclic) bond motifs is 3. The summed E-state index contributed by atoms with van der Waals surface area (Å²) in [6, 6.07) is 14.1. The van der Waals surface area contributed by atoms with Gasteiger partial charge in [-0.05, 0) is 30.2 Å². The van der Waals surface area contributed by atoms with Crippen LogP contribution in [0.1, 0.15) is 30.6 Å². The van der Waals surface area contributed by atoms with Gasteiger partial charge in [-0.15, -0.1) is 10.2 Å². The van der Waals surface area contributed by atoms with Crippen LogP contribution in [0.25, 0.3) is 0 Å². The van der Waals surface area contributed by atoms with Crippen LogP contribution in [-0.2, 0) is 4.74 Å². The van der Waals surface area contributed by atoms with Crippen molar-refractivity contribution < 1.29 is 9.13 Å². The molecule has 2 heterocycles. The van der Waals surface area contributed by atoms with Gasteiger partial charge in [-0.25, -0.2) is 9.38 Å². The van der Waals surface area contributed by atoms with Crippen molar-refractivity contribution in [3.8, 4) is 0 Å². The maximum Gasteiger partial charge on any atom is 0.276 e. The SMILES string of the molecule is CCCSC1=NN=C2C(=N[C@@H](c3ccc(F)cc3)Nc3ccccc32)O1. The third-order valence-electron chi connectivity index (χ3n) is 3.95. The van der Waals surface area contributed by atoms with Gasteiger partial charge < -0.3 is 10.1 Å². The highest BCUT2D eigenvalue weighted by Crippen LogP contribution is 2.30. The number of nitrogens with zero attached hydrogens (tertiary/aromatic N) is 3. The first kappa shape index (κ1) is 16.8. The lowest BCUT2D eigenvalue weighted by molar-refractivity contribution is 0.552. The van der Waals surface area contributed by atoms with Gasteiger partial charge in [0, 0.05) is 17.0 Å². The zero-order chi connectivity index (χ0) is 17.9. The van der Waals surface area contributed by atoms with E-state index in [1.54, 1.807) is 12.1 Å². The Morgan fingerprint density at radius 2 is 1.92 bits per heavy atom. The minimum absolute atomic E-state index is 0.281. The molecule has 0 unspecified atom stereocenters. The third-order valence-corrected chi connectivity index (χ3v) is 4.98. The third kappa shape index (κ3) is 3.35. The predicted octanol–water partition coefficient (Wildman–Crippen LogP) is 4.58. The molecule has 7 heteroatoms. The molecule has 4 rings (SSSR count). The summed E-state index contributed by atoms with van der Waals surface area (Å²) in [5.74, 6) is 1.04. The monoisotopic (exact) mass is 368 g/mol.